The number of fused-ring (bicyclic) bond motifs is 1. The highest BCUT2D eigenvalue weighted by atomic mass is 16.5. The number of aromatic nitrogens is 2. The Hall–Kier alpha value is -2.29. The molecule has 1 saturated heterocycles. The van der Waals surface area contributed by atoms with Crippen molar-refractivity contribution in [2.24, 2.45) is 15.9 Å². The Morgan fingerprint density at radius 2 is 2.00 bits per heavy atom. The zero-order valence-corrected chi connectivity index (χ0v) is 16.8. The lowest BCUT2D eigenvalue weighted by atomic mass is 9.95. The summed E-state index contributed by atoms with van der Waals surface area (Å²) in [6.45, 7) is 7.45. The van der Waals surface area contributed by atoms with Crippen LogP contribution in [0.3, 0.4) is 0 Å². The fourth-order valence-electron chi connectivity index (χ4n) is 3.85. The summed E-state index contributed by atoms with van der Waals surface area (Å²) in [5.41, 5.74) is 2.83. The molecule has 1 aromatic carbocycles. The molecule has 3 heterocycles. The maximum atomic E-state index is 5.77. The van der Waals surface area contributed by atoms with Crippen LogP contribution in [0.2, 0.25) is 0 Å². The molecule has 1 N–H and O–H groups in total. The zero-order chi connectivity index (χ0) is 19.5. The smallest absolute Gasteiger partial charge is 0.120 e. The van der Waals surface area contributed by atoms with E-state index in [4.69, 9.17) is 9.47 Å². The molecule has 28 heavy (non-hydrogen) atoms. The number of likely N-dealkylation sites (N-methyl/N-ethyl adjacent to an activating group) is 1. The molecule has 2 aromatic rings. The van der Waals surface area contributed by atoms with E-state index in [9.17, 15) is 0 Å². The number of nitrogens with zero attached hydrogens (tertiary/aromatic N) is 5. The second kappa shape index (κ2) is 8.38. The zero-order valence-electron chi connectivity index (χ0n) is 16.8. The highest BCUT2D eigenvalue weighted by Crippen LogP contribution is 2.28. The summed E-state index contributed by atoms with van der Waals surface area (Å²) in [6.07, 6.45) is 1.80. The van der Waals surface area contributed by atoms with Gasteiger partial charge in [0.1, 0.15) is 30.6 Å². The summed E-state index contributed by atoms with van der Waals surface area (Å²) in [5, 5.41) is 8.72. The van der Waals surface area contributed by atoms with Crippen molar-refractivity contribution in [1.82, 2.24) is 20.0 Å². The lowest BCUT2D eigenvalue weighted by Gasteiger charge is -2.39. The first kappa shape index (κ1) is 19.0. The number of hydrogen-bond donors (Lipinski definition) is 1. The molecule has 0 radical (unpaired) electrons. The van der Waals surface area contributed by atoms with Crippen LogP contribution >= 0.6 is 0 Å². The van der Waals surface area contributed by atoms with Gasteiger partial charge in [-0.05, 0) is 25.2 Å². The number of rotatable bonds is 6. The summed E-state index contributed by atoms with van der Waals surface area (Å²) in [7, 11) is 3.83. The van der Waals surface area contributed by atoms with Crippen LogP contribution < -0.4 is 4.74 Å². The van der Waals surface area contributed by atoms with Gasteiger partial charge in [0.2, 0.25) is 0 Å². The Morgan fingerprint density at radius 1 is 1.18 bits per heavy atom. The molecule has 0 spiro atoms. The van der Waals surface area contributed by atoms with E-state index >= 15 is 0 Å². The van der Waals surface area contributed by atoms with E-state index in [-0.39, 0.29) is 12.1 Å². The molecule has 8 heteroatoms. The summed E-state index contributed by atoms with van der Waals surface area (Å²) in [4.78, 5) is 14.1. The van der Waals surface area contributed by atoms with Gasteiger partial charge < -0.3 is 14.4 Å². The standard InChI is InChI=1S/C20H28N6O2/c1-14-18(21-13-22-20(14)26-8-6-25(2)7-9-26)19-16-12-15(28-11-10-27-3)4-5-17(16)23-24-19/h4-5,12-14,20H,6-11H2,1-3H3,(H,23,24). The van der Waals surface area contributed by atoms with Crippen molar-refractivity contribution in [2.75, 3.05) is 53.6 Å². The maximum absolute atomic E-state index is 5.77. The highest BCUT2D eigenvalue weighted by Gasteiger charge is 2.33. The van der Waals surface area contributed by atoms with Crippen molar-refractivity contribution < 1.29 is 9.47 Å². The minimum absolute atomic E-state index is 0.106. The van der Waals surface area contributed by atoms with Crippen LogP contribution in [0.25, 0.3) is 10.9 Å². The maximum Gasteiger partial charge on any atom is 0.120 e. The van der Waals surface area contributed by atoms with E-state index in [2.05, 4.69) is 44.0 Å². The summed E-state index contributed by atoms with van der Waals surface area (Å²) in [5.74, 6) is 0.971. The topological polar surface area (TPSA) is 78.3 Å². The molecule has 0 saturated carbocycles. The quantitative estimate of drug-likeness (QED) is 0.766. The van der Waals surface area contributed by atoms with Gasteiger partial charge in [0, 0.05) is 44.6 Å². The van der Waals surface area contributed by atoms with Crippen LogP contribution in [0.15, 0.2) is 28.2 Å². The fraction of sp³-hybridized carbons (Fsp3) is 0.550. The molecular formula is C20H28N6O2. The summed E-state index contributed by atoms with van der Waals surface area (Å²) >= 11 is 0. The van der Waals surface area contributed by atoms with E-state index in [1.807, 2.05) is 18.2 Å². The minimum Gasteiger partial charge on any atom is -0.491 e. The number of methoxy groups -OCH3 is 1. The van der Waals surface area contributed by atoms with Gasteiger partial charge in [-0.2, -0.15) is 5.10 Å². The van der Waals surface area contributed by atoms with E-state index < -0.39 is 0 Å². The van der Waals surface area contributed by atoms with Gasteiger partial charge in [0.25, 0.3) is 0 Å². The second-order valence-electron chi connectivity index (χ2n) is 7.44. The number of aromatic amines is 1. The molecule has 4 rings (SSSR count). The van der Waals surface area contributed by atoms with Crippen molar-refractivity contribution in [3.8, 4) is 5.75 Å². The molecule has 8 nitrogen and oxygen atoms in total. The average Bonchev–Trinajstić information content (AvgIpc) is 3.12. The Balaban J connectivity index is 1.57. The fourth-order valence-corrected chi connectivity index (χ4v) is 3.85. The highest BCUT2D eigenvalue weighted by molar-refractivity contribution is 6.13. The van der Waals surface area contributed by atoms with E-state index in [0.717, 1.165) is 54.2 Å². The van der Waals surface area contributed by atoms with Gasteiger partial charge >= 0.3 is 0 Å². The molecule has 2 aliphatic heterocycles. The molecular weight excluding hydrogens is 356 g/mol. The molecule has 1 fully saturated rings. The molecule has 150 valence electrons. The average molecular weight is 384 g/mol. The van der Waals surface area contributed by atoms with Crippen molar-refractivity contribution in [1.29, 1.82) is 0 Å². The number of hydrogen-bond acceptors (Lipinski definition) is 7. The number of benzene rings is 1. The molecule has 1 aromatic heterocycles. The molecule has 2 aliphatic rings. The van der Waals surface area contributed by atoms with Gasteiger partial charge in [-0.3, -0.25) is 15.0 Å². The lowest BCUT2D eigenvalue weighted by Crippen LogP contribution is -2.52. The number of piperazine rings is 1. The first-order valence-corrected chi connectivity index (χ1v) is 9.79. The Kier molecular flexibility index (Phi) is 5.70. The van der Waals surface area contributed by atoms with Crippen molar-refractivity contribution >= 4 is 23.0 Å². The van der Waals surface area contributed by atoms with E-state index in [1.54, 1.807) is 13.4 Å². The van der Waals surface area contributed by atoms with Crippen molar-refractivity contribution in [2.45, 2.75) is 13.1 Å². The Bertz CT molecular complexity index is 869. The molecule has 0 aliphatic carbocycles. The van der Waals surface area contributed by atoms with Crippen LogP contribution in [0.1, 0.15) is 12.6 Å². The van der Waals surface area contributed by atoms with E-state index in [1.165, 1.54) is 0 Å². The van der Waals surface area contributed by atoms with Gasteiger partial charge in [-0.15, -0.1) is 0 Å². The Labute approximate surface area is 165 Å². The SMILES string of the molecule is COCCOc1ccc2[nH]nc(C3=NC=NC(N4CCN(C)CC4)C3C)c2c1. The van der Waals surface area contributed by atoms with Crippen molar-refractivity contribution in [3.63, 3.8) is 0 Å². The first-order valence-electron chi connectivity index (χ1n) is 9.79. The van der Waals surface area contributed by atoms with Crippen LogP contribution in [0, 0.1) is 5.92 Å². The van der Waals surface area contributed by atoms with Gasteiger partial charge in [-0.25, -0.2) is 4.99 Å². The predicted molar refractivity (Wildman–Crippen MR) is 111 cm³/mol. The molecule has 0 bridgehead atoms. The number of aliphatic imine (C=N–C) groups is 2. The number of ether oxygens (including phenoxy) is 2. The summed E-state index contributed by atoms with van der Waals surface area (Å²) < 4.78 is 10.8. The second-order valence-corrected chi connectivity index (χ2v) is 7.44. The predicted octanol–water partition coefficient (Wildman–Crippen LogP) is 1.63. The lowest BCUT2D eigenvalue weighted by molar-refractivity contribution is 0.101. The van der Waals surface area contributed by atoms with E-state index in [0.29, 0.717) is 13.2 Å². The molecule has 0 amide bonds. The minimum atomic E-state index is 0.106. The Morgan fingerprint density at radius 3 is 2.79 bits per heavy atom. The van der Waals surface area contributed by atoms with Gasteiger partial charge in [0.15, 0.2) is 0 Å². The van der Waals surface area contributed by atoms with Crippen LogP contribution in [-0.4, -0.2) is 91.8 Å². The third-order valence-corrected chi connectivity index (χ3v) is 5.54. The van der Waals surface area contributed by atoms with Gasteiger partial charge in [-0.1, -0.05) is 6.92 Å². The first-order chi connectivity index (χ1) is 13.7. The normalized spacial score (nSPS) is 23.9. The molecule has 2 atom stereocenters. The monoisotopic (exact) mass is 384 g/mol. The third-order valence-electron chi connectivity index (χ3n) is 5.54. The van der Waals surface area contributed by atoms with Crippen molar-refractivity contribution in [3.05, 3.63) is 23.9 Å². The van der Waals surface area contributed by atoms with Crippen LogP contribution in [0.4, 0.5) is 0 Å². The third kappa shape index (κ3) is 3.80. The van der Waals surface area contributed by atoms with Crippen LogP contribution in [-0.2, 0) is 4.74 Å². The van der Waals surface area contributed by atoms with Crippen LogP contribution in [0.5, 0.6) is 5.75 Å². The number of nitrogens with one attached hydrogen (secondary N) is 1. The largest absolute Gasteiger partial charge is 0.491 e. The van der Waals surface area contributed by atoms with Gasteiger partial charge in [0.05, 0.1) is 17.8 Å². The molecule has 2 unspecified atom stereocenters. The number of H-pyrrole nitrogens is 1. The summed E-state index contributed by atoms with van der Waals surface area (Å²) in [6, 6.07) is 5.96.